The van der Waals surface area contributed by atoms with Crippen molar-refractivity contribution in [2.24, 2.45) is 5.73 Å². The average molecular weight is 363 g/mol. The molecule has 130 valence electrons. The molecule has 0 saturated carbocycles. The summed E-state index contributed by atoms with van der Waals surface area (Å²) >= 11 is 5.85. The molecule has 2 aromatic rings. The first-order valence-corrected chi connectivity index (χ1v) is 7.49. The van der Waals surface area contributed by atoms with E-state index in [0.29, 0.717) is 5.02 Å². The highest BCUT2D eigenvalue weighted by Gasteiger charge is 2.17. The summed E-state index contributed by atoms with van der Waals surface area (Å²) in [6.45, 7) is -0.554. The molecule has 0 aromatic heterocycles. The summed E-state index contributed by atoms with van der Waals surface area (Å²) in [4.78, 5) is 35.4. The molecule has 0 atom stereocenters. The highest BCUT2D eigenvalue weighted by atomic mass is 35.5. The number of anilines is 1. The van der Waals surface area contributed by atoms with Crippen LogP contribution in [-0.4, -0.2) is 31.5 Å². The van der Waals surface area contributed by atoms with Crippen LogP contribution in [0.5, 0.6) is 5.75 Å². The average Bonchev–Trinajstić information content (AvgIpc) is 2.60. The predicted molar refractivity (Wildman–Crippen MR) is 91.9 cm³/mol. The number of rotatable bonds is 6. The van der Waals surface area contributed by atoms with Crippen LogP contribution in [0.25, 0.3) is 0 Å². The quantitative estimate of drug-likeness (QED) is 0.766. The summed E-state index contributed by atoms with van der Waals surface area (Å²) in [7, 11) is 1.40. The molecule has 3 N–H and O–H groups in total. The van der Waals surface area contributed by atoms with E-state index >= 15 is 0 Å². The van der Waals surface area contributed by atoms with E-state index in [1.54, 1.807) is 18.2 Å². The van der Waals surface area contributed by atoms with Gasteiger partial charge >= 0.3 is 5.97 Å². The number of benzene rings is 2. The largest absolute Gasteiger partial charge is 0.496 e. The normalized spacial score (nSPS) is 10.0. The van der Waals surface area contributed by atoms with Crippen LogP contribution in [0.4, 0.5) is 5.69 Å². The number of nitrogens with one attached hydrogen (secondary N) is 1. The van der Waals surface area contributed by atoms with Crippen molar-refractivity contribution in [3.8, 4) is 5.75 Å². The van der Waals surface area contributed by atoms with E-state index < -0.39 is 24.4 Å². The van der Waals surface area contributed by atoms with Gasteiger partial charge in [0.1, 0.15) is 11.3 Å². The zero-order chi connectivity index (χ0) is 18.4. The summed E-state index contributed by atoms with van der Waals surface area (Å²) in [6.07, 6.45) is 0. The standard InChI is InChI=1S/C17H15ClN2O5/c1-24-14-7-6-10(18)8-12(14)17(23)25-9-15(21)20-13-5-3-2-4-11(13)16(19)22/h2-8H,9H2,1H3,(H2,19,22)(H,20,21). The lowest BCUT2D eigenvalue weighted by molar-refractivity contribution is -0.119. The van der Waals surface area contributed by atoms with Crippen molar-refractivity contribution in [2.75, 3.05) is 19.0 Å². The molecule has 2 amide bonds. The summed E-state index contributed by atoms with van der Waals surface area (Å²) in [6, 6.07) is 10.7. The Kier molecular flexibility index (Phi) is 5.97. The van der Waals surface area contributed by atoms with Gasteiger partial charge < -0.3 is 20.5 Å². The molecule has 8 heteroatoms. The molecule has 0 aliphatic rings. The maximum absolute atomic E-state index is 12.1. The lowest BCUT2D eigenvalue weighted by atomic mass is 10.1. The molecule has 7 nitrogen and oxygen atoms in total. The van der Waals surface area contributed by atoms with Crippen molar-refractivity contribution in [2.45, 2.75) is 0 Å². The number of halogens is 1. The fourth-order valence-electron chi connectivity index (χ4n) is 2.04. The molecule has 0 heterocycles. The zero-order valence-electron chi connectivity index (χ0n) is 13.2. The van der Waals surface area contributed by atoms with Gasteiger partial charge in [-0.2, -0.15) is 0 Å². The van der Waals surface area contributed by atoms with E-state index in [1.807, 2.05) is 0 Å². The molecule has 0 bridgehead atoms. The van der Waals surface area contributed by atoms with Gasteiger partial charge in [0.25, 0.3) is 11.8 Å². The number of ether oxygens (including phenoxy) is 2. The van der Waals surface area contributed by atoms with Gasteiger partial charge in [0.15, 0.2) is 6.61 Å². The minimum Gasteiger partial charge on any atom is -0.496 e. The van der Waals surface area contributed by atoms with Gasteiger partial charge in [-0.25, -0.2) is 4.79 Å². The zero-order valence-corrected chi connectivity index (χ0v) is 14.0. The van der Waals surface area contributed by atoms with Crippen molar-refractivity contribution < 1.29 is 23.9 Å². The number of primary amides is 1. The number of hydrogen-bond acceptors (Lipinski definition) is 5. The maximum atomic E-state index is 12.1. The van der Waals surface area contributed by atoms with Crippen molar-refractivity contribution in [1.82, 2.24) is 0 Å². The Labute approximate surface area is 148 Å². The van der Waals surface area contributed by atoms with Crippen LogP contribution in [-0.2, 0) is 9.53 Å². The molecule has 25 heavy (non-hydrogen) atoms. The third-order valence-electron chi connectivity index (χ3n) is 3.18. The molecule has 0 spiro atoms. The summed E-state index contributed by atoms with van der Waals surface area (Å²) < 4.78 is 10.0. The molecular weight excluding hydrogens is 348 g/mol. The predicted octanol–water partition coefficient (Wildman–Crippen LogP) is 2.24. The molecule has 0 aliphatic heterocycles. The van der Waals surface area contributed by atoms with Crippen LogP contribution in [0.2, 0.25) is 5.02 Å². The van der Waals surface area contributed by atoms with Crippen molar-refractivity contribution in [1.29, 1.82) is 0 Å². The fourth-order valence-corrected chi connectivity index (χ4v) is 2.21. The van der Waals surface area contributed by atoms with Crippen molar-refractivity contribution >= 4 is 35.1 Å². The number of carbonyl (C=O) groups excluding carboxylic acids is 3. The van der Waals surface area contributed by atoms with Gasteiger partial charge in [0.2, 0.25) is 0 Å². The maximum Gasteiger partial charge on any atom is 0.342 e. The highest BCUT2D eigenvalue weighted by molar-refractivity contribution is 6.31. The van der Waals surface area contributed by atoms with E-state index in [2.05, 4.69) is 5.32 Å². The Morgan fingerprint density at radius 2 is 1.84 bits per heavy atom. The monoisotopic (exact) mass is 362 g/mol. The Morgan fingerprint density at radius 1 is 1.12 bits per heavy atom. The number of hydrogen-bond donors (Lipinski definition) is 2. The number of esters is 1. The van der Waals surface area contributed by atoms with E-state index in [1.165, 1.54) is 31.4 Å². The van der Waals surface area contributed by atoms with Crippen LogP contribution in [0.3, 0.4) is 0 Å². The van der Waals surface area contributed by atoms with Crippen LogP contribution < -0.4 is 15.8 Å². The van der Waals surface area contributed by atoms with Gasteiger partial charge in [-0.3, -0.25) is 9.59 Å². The van der Waals surface area contributed by atoms with Crippen molar-refractivity contribution in [3.63, 3.8) is 0 Å². The van der Waals surface area contributed by atoms with Crippen LogP contribution >= 0.6 is 11.6 Å². The number of nitrogens with two attached hydrogens (primary N) is 1. The fraction of sp³-hybridized carbons (Fsp3) is 0.118. The third-order valence-corrected chi connectivity index (χ3v) is 3.42. The SMILES string of the molecule is COc1ccc(Cl)cc1C(=O)OCC(=O)Nc1ccccc1C(N)=O. The van der Waals surface area contributed by atoms with E-state index in [4.69, 9.17) is 26.8 Å². The van der Waals surface area contributed by atoms with Gasteiger partial charge in [-0.05, 0) is 30.3 Å². The number of para-hydroxylation sites is 1. The third kappa shape index (κ3) is 4.71. The Balaban J connectivity index is 2.02. The number of amides is 2. The lowest BCUT2D eigenvalue weighted by Gasteiger charge is -2.11. The smallest absolute Gasteiger partial charge is 0.342 e. The van der Waals surface area contributed by atoms with Crippen LogP contribution in [0, 0.1) is 0 Å². The van der Waals surface area contributed by atoms with Crippen LogP contribution in [0.15, 0.2) is 42.5 Å². The second-order valence-electron chi connectivity index (χ2n) is 4.88. The Bertz CT molecular complexity index is 822. The second-order valence-corrected chi connectivity index (χ2v) is 5.32. The Hall–Kier alpha value is -3.06. The summed E-state index contributed by atoms with van der Waals surface area (Å²) in [5.74, 6) is -1.80. The minimum atomic E-state index is -0.766. The van der Waals surface area contributed by atoms with Gasteiger partial charge in [0.05, 0.1) is 18.4 Å². The van der Waals surface area contributed by atoms with E-state index in [9.17, 15) is 14.4 Å². The van der Waals surface area contributed by atoms with Crippen molar-refractivity contribution in [3.05, 3.63) is 58.6 Å². The van der Waals surface area contributed by atoms with Crippen LogP contribution in [0.1, 0.15) is 20.7 Å². The lowest BCUT2D eigenvalue weighted by Crippen LogP contribution is -2.23. The summed E-state index contributed by atoms with van der Waals surface area (Å²) in [5.41, 5.74) is 5.71. The van der Waals surface area contributed by atoms with Gasteiger partial charge in [0, 0.05) is 5.02 Å². The Morgan fingerprint density at radius 3 is 2.52 bits per heavy atom. The van der Waals surface area contributed by atoms with E-state index in [0.717, 1.165) is 0 Å². The first-order valence-electron chi connectivity index (χ1n) is 7.11. The second kappa shape index (κ2) is 8.16. The topological polar surface area (TPSA) is 108 Å². The molecule has 0 unspecified atom stereocenters. The molecule has 0 radical (unpaired) electrons. The molecular formula is C17H15ClN2O5. The minimum absolute atomic E-state index is 0.0975. The van der Waals surface area contributed by atoms with Gasteiger partial charge in [-0.1, -0.05) is 23.7 Å². The first kappa shape index (κ1) is 18.3. The molecule has 0 saturated heterocycles. The number of methoxy groups -OCH3 is 1. The van der Waals surface area contributed by atoms with E-state index in [-0.39, 0.29) is 22.6 Å². The number of carbonyl (C=O) groups is 3. The van der Waals surface area contributed by atoms with Gasteiger partial charge in [-0.15, -0.1) is 0 Å². The highest BCUT2D eigenvalue weighted by Crippen LogP contribution is 2.23. The molecule has 0 fully saturated rings. The molecule has 2 aromatic carbocycles. The summed E-state index contributed by atoms with van der Waals surface area (Å²) in [5, 5.41) is 2.79. The molecule has 2 rings (SSSR count). The first-order chi connectivity index (χ1) is 11.9. The molecule has 0 aliphatic carbocycles.